The van der Waals surface area contributed by atoms with Gasteiger partial charge in [-0.1, -0.05) is 27.2 Å². The van der Waals surface area contributed by atoms with E-state index >= 15 is 0 Å². The first-order chi connectivity index (χ1) is 8.56. The van der Waals surface area contributed by atoms with E-state index in [-0.39, 0.29) is 6.61 Å². The molecular formula is C15H26N2O. The summed E-state index contributed by atoms with van der Waals surface area (Å²) in [5.41, 5.74) is 2.04. The number of aliphatic hydroxyl groups is 1. The van der Waals surface area contributed by atoms with Gasteiger partial charge in [0.25, 0.3) is 0 Å². The lowest BCUT2D eigenvalue weighted by Gasteiger charge is -2.20. The molecule has 1 aromatic rings. The van der Waals surface area contributed by atoms with Gasteiger partial charge in [0.05, 0.1) is 6.61 Å². The van der Waals surface area contributed by atoms with Crippen LogP contribution in [0.3, 0.4) is 0 Å². The van der Waals surface area contributed by atoms with Crippen LogP contribution >= 0.6 is 0 Å². The van der Waals surface area contributed by atoms with E-state index in [0.29, 0.717) is 5.92 Å². The van der Waals surface area contributed by atoms with E-state index in [9.17, 15) is 5.11 Å². The maximum atomic E-state index is 9.31. The molecule has 0 radical (unpaired) electrons. The summed E-state index contributed by atoms with van der Waals surface area (Å²) in [6.07, 6.45) is 3.21. The molecule has 0 amide bonds. The van der Waals surface area contributed by atoms with Crippen molar-refractivity contribution in [2.24, 2.45) is 5.92 Å². The van der Waals surface area contributed by atoms with Crippen molar-refractivity contribution in [3.05, 3.63) is 23.4 Å². The van der Waals surface area contributed by atoms with Crippen molar-refractivity contribution in [3.8, 4) is 0 Å². The average molecular weight is 250 g/mol. The van der Waals surface area contributed by atoms with Gasteiger partial charge < -0.3 is 10.0 Å². The van der Waals surface area contributed by atoms with Crippen LogP contribution in [0.5, 0.6) is 0 Å². The van der Waals surface area contributed by atoms with E-state index in [1.165, 1.54) is 0 Å². The fraction of sp³-hybridized carbons (Fsp3) is 0.667. The van der Waals surface area contributed by atoms with Crippen LogP contribution in [0, 0.1) is 5.92 Å². The van der Waals surface area contributed by atoms with Crippen molar-refractivity contribution in [2.75, 3.05) is 18.5 Å². The minimum Gasteiger partial charge on any atom is -0.392 e. The van der Waals surface area contributed by atoms with Crippen molar-refractivity contribution in [1.29, 1.82) is 0 Å². The summed E-state index contributed by atoms with van der Waals surface area (Å²) in [5, 5.41) is 9.31. The molecule has 0 unspecified atom stereocenters. The molecule has 0 bridgehead atoms. The molecule has 0 aromatic carbocycles. The third kappa shape index (κ3) is 4.65. The minimum absolute atomic E-state index is 0.0876. The number of aliphatic hydroxyl groups excluding tert-OH is 1. The number of aryl methyl sites for hydroxylation is 1. The Hall–Kier alpha value is -1.09. The smallest absolute Gasteiger partial charge is 0.128 e. The zero-order chi connectivity index (χ0) is 13.5. The Kier molecular flexibility index (Phi) is 6.13. The van der Waals surface area contributed by atoms with Gasteiger partial charge in [0.2, 0.25) is 0 Å². The van der Waals surface area contributed by atoms with Crippen LogP contribution in [0.4, 0.5) is 5.82 Å². The van der Waals surface area contributed by atoms with Crippen LogP contribution in [0.2, 0.25) is 0 Å². The number of hydrogen-bond acceptors (Lipinski definition) is 3. The van der Waals surface area contributed by atoms with Crippen LogP contribution in [-0.2, 0) is 13.0 Å². The van der Waals surface area contributed by atoms with E-state index in [0.717, 1.165) is 42.9 Å². The summed E-state index contributed by atoms with van der Waals surface area (Å²) in [6, 6.07) is 3.99. The van der Waals surface area contributed by atoms with Gasteiger partial charge in [-0.15, -0.1) is 0 Å². The molecule has 102 valence electrons. The molecule has 0 saturated carbocycles. The predicted molar refractivity (Wildman–Crippen MR) is 76.9 cm³/mol. The molecule has 18 heavy (non-hydrogen) atoms. The topological polar surface area (TPSA) is 36.4 Å². The second-order valence-corrected chi connectivity index (χ2v) is 5.34. The van der Waals surface area contributed by atoms with Crippen molar-refractivity contribution >= 4 is 5.82 Å². The van der Waals surface area contributed by atoms with Crippen LogP contribution < -0.4 is 4.90 Å². The van der Waals surface area contributed by atoms with Crippen molar-refractivity contribution in [1.82, 2.24) is 4.98 Å². The number of aromatic nitrogens is 1. The first kappa shape index (κ1) is 15.0. The second-order valence-electron chi connectivity index (χ2n) is 5.34. The SMILES string of the molecule is CCCc1cc(CO)cc(N(C)CCC(C)C)n1. The molecular weight excluding hydrogens is 224 g/mol. The first-order valence-corrected chi connectivity index (χ1v) is 6.88. The number of pyridine rings is 1. The molecule has 1 heterocycles. The Morgan fingerprint density at radius 3 is 2.61 bits per heavy atom. The average Bonchev–Trinajstić information content (AvgIpc) is 2.35. The zero-order valence-electron chi connectivity index (χ0n) is 12.1. The van der Waals surface area contributed by atoms with E-state index < -0.39 is 0 Å². The van der Waals surface area contributed by atoms with Crippen LogP contribution in [0.15, 0.2) is 12.1 Å². The summed E-state index contributed by atoms with van der Waals surface area (Å²) >= 11 is 0. The predicted octanol–water partition coefficient (Wildman–Crippen LogP) is 3.01. The van der Waals surface area contributed by atoms with Gasteiger partial charge in [0.15, 0.2) is 0 Å². The highest BCUT2D eigenvalue weighted by molar-refractivity contribution is 5.41. The lowest BCUT2D eigenvalue weighted by atomic mass is 10.1. The molecule has 1 N–H and O–H groups in total. The van der Waals surface area contributed by atoms with E-state index in [4.69, 9.17) is 0 Å². The second kappa shape index (κ2) is 7.37. The van der Waals surface area contributed by atoms with Crippen LogP contribution in [0.1, 0.15) is 44.9 Å². The summed E-state index contributed by atoms with van der Waals surface area (Å²) in [7, 11) is 2.07. The Morgan fingerprint density at radius 1 is 1.33 bits per heavy atom. The molecule has 0 fully saturated rings. The molecule has 0 atom stereocenters. The normalized spacial score (nSPS) is 11.0. The van der Waals surface area contributed by atoms with Gasteiger partial charge in [-0.2, -0.15) is 0 Å². The molecule has 0 aliphatic heterocycles. The summed E-state index contributed by atoms with van der Waals surface area (Å²) < 4.78 is 0. The quantitative estimate of drug-likeness (QED) is 0.808. The van der Waals surface area contributed by atoms with Gasteiger partial charge in [-0.05, 0) is 36.5 Å². The highest BCUT2D eigenvalue weighted by atomic mass is 16.3. The summed E-state index contributed by atoms with van der Waals surface area (Å²) in [6.45, 7) is 7.70. The lowest BCUT2D eigenvalue weighted by Crippen LogP contribution is -2.21. The van der Waals surface area contributed by atoms with Gasteiger partial charge >= 0.3 is 0 Å². The Balaban J connectivity index is 2.82. The van der Waals surface area contributed by atoms with Crippen molar-refractivity contribution in [2.45, 2.75) is 46.6 Å². The fourth-order valence-corrected chi connectivity index (χ4v) is 1.87. The molecule has 3 heteroatoms. The summed E-state index contributed by atoms with van der Waals surface area (Å²) in [4.78, 5) is 6.84. The molecule has 0 saturated heterocycles. The van der Waals surface area contributed by atoms with Crippen LogP contribution in [0.25, 0.3) is 0 Å². The Bertz CT molecular complexity index is 364. The fourth-order valence-electron chi connectivity index (χ4n) is 1.87. The molecule has 3 nitrogen and oxygen atoms in total. The van der Waals surface area contributed by atoms with Crippen LogP contribution in [-0.4, -0.2) is 23.7 Å². The minimum atomic E-state index is 0.0876. The highest BCUT2D eigenvalue weighted by Crippen LogP contribution is 2.16. The van der Waals surface area contributed by atoms with Crippen molar-refractivity contribution < 1.29 is 5.11 Å². The first-order valence-electron chi connectivity index (χ1n) is 6.88. The molecule has 1 aromatic heterocycles. The Labute approximate surface area is 111 Å². The third-order valence-corrected chi connectivity index (χ3v) is 3.05. The molecule has 0 spiro atoms. The third-order valence-electron chi connectivity index (χ3n) is 3.05. The maximum Gasteiger partial charge on any atom is 0.128 e. The van der Waals surface area contributed by atoms with Crippen molar-refractivity contribution in [3.63, 3.8) is 0 Å². The molecule has 0 aliphatic rings. The zero-order valence-corrected chi connectivity index (χ0v) is 12.1. The molecule has 0 aliphatic carbocycles. The van der Waals surface area contributed by atoms with E-state index in [1.54, 1.807) is 0 Å². The molecule has 1 rings (SSSR count). The summed E-state index contributed by atoms with van der Waals surface area (Å²) in [5.74, 6) is 1.68. The number of hydrogen-bond donors (Lipinski definition) is 1. The standard InChI is InChI=1S/C15H26N2O/c1-5-6-14-9-13(11-18)10-15(16-14)17(4)8-7-12(2)3/h9-10,12,18H,5-8,11H2,1-4H3. The maximum absolute atomic E-state index is 9.31. The number of rotatable bonds is 7. The van der Waals surface area contributed by atoms with Gasteiger partial charge in [-0.3, -0.25) is 0 Å². The van der Waals surface area contributed by atoms with Gasteiger partial charge in [0, 0.05) is 19.3 Å². The number of anilines is 1. The number of nitrogens with zero attached hydrogens (tertiary/aromatic N) is 2. The van der Waals surface area contributed by atoms with E-state index in [2.05, 4.69) is 37.7 Å². The largest absolute Gasteiger partial charge is 0.392 e. The van der Waals surface area contributed by atoms with E-state index in [1.807, 2.05) is 12.1 Å². The monoisotopic (exact) mass is 250 g/mol. The van der Waals surface area contributed by atoms with Gasteiger partial charge in [0.1, 0.15) is 5.82 Å². The highest BCUT2D eigenvalue weighted by Gasteiger charge is 2.07. The Morgan fingerprint density at radius 2 is 2.06 bits per heavy atom. The van der Waals surface area contributed by atoms with Gasteiger partial charge in [-0.25, -0.2) is 4.98 Å². The lowest BCUT2D eigenvalue weighted by molar-refractivity contribution is 0.281.